The lowest BCUT2D eigenvalue weighted by Gasteiger charge is -2.06. The van der Waals surface area contributed by atoms with Crippen LogP contribution in [0.5, 0.6) is 0 Å². The molecule has 2 rings (SSSR count). The summed E-state index contributed by atoms with van der Waals surface area (Å²) in [6.45, 7) is 1.96. The quantitative estimate of drug-likeness (QED) is 0.864. The van der Waals surface area contributed by atoms with E-state index in [-0.39, 0.29) is 11.6 Å². The minimum atomic E-state index is -0.183. The maximum atomic E-state index is 11.4. The second-order valence-electron chi connectivity index (χ2n) is 3.98. The van der Waals surface area contributed by atoms with E-state index in [2.05, 4.69) is 10.3 Å². The van der Waals surface area contributed by atoms with Crippen molar-refractivity contribution in [3.05, 3.63) is 47.1 Å². The highest BCUT2D eigenvalue weighted by Gasteiger charge is 2.02. The van der Waals surface area contributed by atoms with Crippen LogP contribution in [0, 0.1) is 0 Å². The van der Waals surface area contributed by atoms with Crippen molar-refractivity contribution in [3.8, 4) is 5.69 Å². The number of amides is 1. The van der Waals surface area contributed by atoms with Gasteiger partial charge >= 0.3 is 5.69 Å². The molecular weight excluding hydrogens is 230 g/mol. The van der Waals surface area contributed by atoms with Gasteiger partial charge in [0.05, 0.1) is 5.69 Å². The number of H-pyrrole nitrogens is 1. The minimum absolute atomic E-state index is 0.00376. The van der Waals surface area contributed by atoms with Crippen LogP contribution in [0.2, 0.25) is 0 Å². The van der Waals surface area contributed by atoms with E-state index >= 15 is 0 Å². The van der Waals surface area contributed by atoms with Crippen molar-refractivity contribution in [1.82, 2.24) is 9.55 Å². The summed E-state index contributed by atoms with van der Waals surface area (Å²) in [7, 11) is 0. The highest BCUT2D eigenvalue weighted by atomic mass is 16.2. The molecule has 0 aliphatic carbocycles. The Kier molecular flexibility index (Phi) is 3.62. The van der Waals surface area contributed by atoms with Crippen LogP contribution in [0.25, 0.3) is 5.69 Å². The van der Waals surface area contributed by atoms with E-state index in [1.54, 1.807) is 36.7 Å². The van der Waals surface area contributed by atoms with Gasteiger partial charge in [-0.25, -0.2) is 4.79 Å². The first kappa shape index (κ1) is 12.2. The van der Waals surface area contributed by atoms with E-state index < -0.39 is 0 Å². The Morgan fingerprint density at radius 1 is 1.33 bits per heavy atom. The summed E-state index contributed by atoms with van der Waals surface area (Å²) in [6.07, 6.45) is 4.58. The van der Waals surface area contributed by atoms with E-state index in [0.29, 0.717) is 6.42 Å². The monoisotopic (exact) mass is 245 g/mol. The third-order valence-corrected chi connectivity index (χ3v) is 2.56. The number of imidazole rings is 1. The van der Waals surface area contributed by atoms with Crippen LogP contribution in [0.4, 0.5) is 5.69 Å². The third kappa shape index (κ3) is 2.68. The molecule has 0 aliphatic heterocycles. The second kappa shape index (κ2) is 5.35. The van der Waals surface area contributed by atoms with Crippen molar-refractivity contribution >= 4 is 11.6 Å². The minimum Gasteiger partial charge on any atom is -0.326 e. The molecule has 1 aromatic heterocycles. The van der Waals surface area contributed by atoms with Gasteiger partial charge in [-0.3, -0.25) is 9.36 Å². The summed E-state index contributed by atoms with van der Waals surface area (Å²) < 4.78 is 1.50. The number of carbonyl (C=O) groups is 1. The lowest BCUT2D eigenvalue weighted by atomic mass is 10.2. The smallest absolute Gasteiger partial charge is 0.326 e. The maximum Gasteiger partial charge on any atom is 0.330 e. The number of anilines is 1. The van der Waals surface area contributed by atoms with Gasteiger partial charge in [-0.1, -0.05) is 6.92 Å². The topological polar surface area (TPSA) is 66.9 Å². The Balaban J connectivity index is 2.13. The summed E-state index contributed by atoms with van der Waals surface area (Å²) in [6, 6.07) is 7.14. The Morgan fingerprint density at radius 3 is 2.61 bits per heavy atom. The predicted octanol–water partition coefficient (Wildman–Crippen LogP) is 1.90. The molecule has 0 fully saturated rings. The number of nitrogens with one attached hydrogen (secondary N) is 2. The molecule has 0 bridgehead atoms. The normalized spacial score (nSPS) is 10.3. The molecule has 5 heteroatoms. The molecule has 5 nitrogen and oxygen atoms in total. The summed E-state index contributed by atoms with van der Waals surface area (Å²) in [5.41, 5.74) is 1.31. The Morgan fingerprint density at radius 2 is 2.06 bits per heavy atom. The van der Waals surface area contributed by atoms with Gasteiger partial charge in [0, 0.05) is 24.5 Å². The average molecular weight is 245 g/mol. The number of hydrogen-bond donors (Lipinski definition) is 2. The summed E-state index contributed by atoms with van der Waals surface area (Å²) in [5.74, 6) is 0.00376. The molecular formula is C13H15N3O2. The molecule has 0 aliphatic rings. The number of rotatable bonds is 4. The van der Waals surface area contributed by atoms with Crippen molar-refractivity contribution in [2.75, 3.05) is 5.32 Å². The van der Waals surface area contributed by atoms with E-state index in [9.17, 15) is 9.59 Å². The second-order valence-corrected chi connectivity index (χ2v) is 3.98. The van der Waals surface area contributed by atoms with Crippen molar-refractivity contribution in [2.45, 2.75) is 19.8 Å². The Hall–Kier alpha value is -2.30. The van der Waals surface area contributed by atoms with Crippen molar-refractivity contribution in [1.29, 1.82) is 0 Å². The molecule has 1 amide bonds. The van der Waals surface area contributed by atoms with Gasteiger partial charge in [0.15, 0.2) is 0 Å². The lowest BCUT2D eigenvalue weighted by Crippen LogP contribution is -2.14. The first-order valence-electron chi connectivity index (χ1n) is 5.87. The lowest BCUT2D eigenvalue weighted by molar-refractivity contribution is -0.116. The molecule has 2 aromatic rings. The number of hydrogen-bond acceptors (Lipinski definition) is 2. The molecule has 0 atom stereocenters. The standard InChI is InChI=1S/C13H15N3O2/c1-2-3-12(17)15-10-4-6-11(7-5-10)16-9-8-14-13(16)18/h4-9H,2-3H2,1H3,(H,14,18)(H,15,17). The molecule has 0 saturated heterocycles. The predicted molar refractivity (Wildman–Crippen MR) is 69.9 cm³/mol. The van der Waals surface area contributed by atoms with Crippen LogP contribution in [-0.2, 0) is 4.79 Å². The molecule has 18 heavy (non-hydrogen) atoms. The molecule has 0 saturated carbocycles. The van der Waals surface area contributed by atoms with Gasteiger partial charge in [0.25, 0.3) is 0 Å². The van der Waals surface area contributed by atoms with Crippen LogP contribution < -0.4 is 11.0 Å². The number of aromatic amines is 1. The van der Waals surface area contributed by atoms with Gasteiger partial charge in [-0.2, -0.15) is 0 Å². The summed E-state index contributed by atoms with van der Waals surface area (Å²) >= 11 is 0. The number of benzene rings is 1. The van der Waals surface area contributed by atoms with E-state index in [1.807, 2.05) is 6.92 Å². The fraction of sp³-hybridized carbons (Fsp3) is 0.231. The van der Waals surface area contributed by atoms with Crippen molar-refractivity contribution < 1.29 is 4.79 Å². The molecule has 2 N–H and O–H groups in total. The largest absolute Gasteiger partial charge is 0.330 e. The van der Waals surface area contributed by atoms with Gasteiger partial charge in [0.1, 0.15) is 0 Å². The SMILES string of the molecule is CCCC(=O)Nc1ccc(-n2cc[nH]c2=O)cc1. The average Bonchev–Trinajstić information content (AvgIpc) is 2.77. The van der Waals surface area contributed by atoms with E-state index in [4.69, 9.17) is 0 Å². The summed E-state index contributed by atoms with van der Waals surface area (Å²) in [5, 5.41) is 2.80. The fourth-order valence-corrected chi connectivity index (χ4v) is 1.68. The maximum absolute atomic E-state index is 11.4. The number of aromatic nitrogens is 2. The Labute approximate surface area is 104 Å². The molecule has 0 unspecified atom stereocenters. The van der Waals surface area contributed by atoms with Gasteiger partial charge in [0.2, 0.25) is 5.91 Å². The highest BCUT2D eigenvalue weighted by molar-refractivity contribution is 5.90. The van der Waals surface area contributed by atoms with E-state index in [1.165, 1.54) is 4.57 Å². The molecule has 94 valence electrons. The zero-order chi connectivity index (χ0) is 13.0. The number of carbonyl (C=O) groups excluding carboxylic acids is 1. The zero-order valence-corrected chi connectivity index (χ0v) is 10.1. The first-order chi connectivity index (χ1) is 8.70. The Bertz CT molecular complexity index is 581. The van der Waals surface area contributed by atoms with E-state index in [0.717, 1.165) is 17.8 Å². The number of nitrogens with zero attached hydrogens (tertiary/aromatic N) is 1. The zero-order valence-electron chi connectivity index (χ0n) is 10.1. The van der Waals surface area contributed by atoms with Gasteiger partial charge < -0.3 is 10.3 Å². The van der Waals surface area contributed by atoms with Gasteiger partial charge in [-0.05, 0) is 30.7 Å². The van der Waals surface area contributed by atoms with Crippen LogP contribution in [-0.4, -0.2) is 15.5 Å². The molecule has 1 heterocycles. The van der Waals surface area contributed by atoms with Crippen molar-refractivity contribution in [2.24, 2.45) is 0 Å². The highest BCUT2D eigenvalue weighted by Crippen LogP contribution is 2.12. The summed E-state index contributed by atoms with van der Waals surface area (Å²) in [4.78, 5) is 25.4. The first-order valence-corrected chi connectivity index (χ1v) is 5.87. The van der Waals surface area contributed by atoms with Crippen LogP contribution >= 0.6 is 0 Å². The molecule has 0 radical (unpaired) electrons. The third-order valence-electron chi connectivity index (χ3n) is 2.56. The molecule has 0 spiro atoms. The van der Waals surface area contributed by atoms with Gasteiger partial charge in [-0.15, -0.1) is 0 Å². The van der Waals surface area contributed by atoms with Crippen molar-refractivity contribution in [3.63, 3.8) is 0 Å². The molecule has 1 aromatic carbocycles. The van der Waals surface area contributed by atoms with Crippen LogP contribution in [0.3, 0.4) is 0 Å². The fourth-order valence-electron chi connectivity index (χ4n) is 1.68. The van der Waals surface area contributed by atoms with Crippen LogP contribution in [0.15, 0.2) is 41.5 Å². The van der Waals surface area contributed by atoms with Crippen LogP contribution in [0.1, 0.15) is 19.8 Å².